The highest BCUT2D eigenvalue weighted by atomic mass is 16.4. The highest BCUT2D eigenvalue weighted by Gasteiger charge is 2.27. The zero-order chi connectivity index (χ0) is 11.4. The molecule has 3 heteroatoms. The van der Waals surface area contributed by atoms with Crippen molar-refractivity contribution in [1.82, 2.24) is 5.32 Å². The van der Waals surface area contributed by atoms with Gasteiger partial charge in [0, 0.05) is 12.1 Å². The van der Waals surface area contributed by atoms with Crippen molar-refractivity contribution in [3.8, 4) is 0 Å². The molecule has 14 heavy (non-hydrogen) atoms. The van der Waals surface area contributed by atoms with Gasteiger partial charge in [-0.05, 0) is 18.8 Å². The first-order valence-corrected chi connectivity index (χ1v) is 5.25. The first-order chi connectivity index (χ1) is 6.27. The summed E-state index contributed by atoms with van der Waals surface area (Å²) >= 11 is 0. The second kappa shape index (κ2) is 5.35. The Balaban J connectivity index is 4.33. The number of carbonyl (C=O) groups is 1. The molecular weight excluding hydrogens is 178 g/mol. The van der Waals surface area contributed by atoms with E-state index in [2.05, 4.69) is 39.9 Å². The maximum Gasteiger partial charge on any atom is 0.304 e. The minimum Gasteiger partial charge on any atom is -0.481 e. The number of carboxylic acids is 1. The summed E-state index contributed by atoms with van der Waals surface area (Å²) in [5.41, 5.74) is -0.0121. The molecular formula is C11H23NO2. The molecule has 0 spiro atoms. The third-order valence-electron chi connectivity index (χ3n) is 2.52. The topological polar surface area (TPSA) is 49.3 Å². The summed E-state index contributed by atoms with van der Waals surface area (Å²) in [6.45, 7) is 10.4. The predicted molar refractivity (Wildman–Crippen MR) is 58.4 cm³/mol. The van der Waals surface area contributed by atoms with Crippen LogP contribution in [0.2, 0.25) is 0 Å². The molecule has 0 aliphatic carbocycles. The fourth-order valence-corrected chi connectivity index (χ4v) is 1.25. The maximum absolute atomic E-state index is 10.7. The molecule has 0 saturated carbocycles. The number of hydrogen-bond acceptors (Lipinski definition) is 2. The summed E-state index contributed by atoms with van der Waals surface area (Å²) < 4.78 is 0. The first kappa shape index (κ1) is 13.4. The highest BCUT2D eigenvalue weighted by Crippen LogP contribution is 2.22. The minimum absolute atomic E-state index is 0.0121. The van der Waals surface area contributed by atoms with E-state index in [-0.39, 0.29) is 17.9 Å². The van der Waals surface area contributed by atoms with Crippen LogP contribution in [0, 0.1) is 5.41 Å². The van der Waals surface area contributed by atoms with Gasteiger partial charge in [0.15, 0.2) is 0 Å². The van der Waals surface area contributed by atoms with Crippen LogP contribution in [0.15, 0.2) is 0 Å². The molecule has 0 fully saturated rings. The van der Waals surface area contributed by atoms with Crippen molar-refractivity contribution in [3.05, 3.63) is 0 Å². The molecule has 2 atom stereocenters. The van der Waals surface area contributed by atoms with Gasteiger partial charge in [0.25, 0.3) is 0 Å². The van der Waals surface area contributed by atoms with Gasteiger partial charge < -0.3 is 10.4 Å². The quantitative estimate of drug-likeness (QED) is 0.717. The van der Waals surface area contributed by atoms with Crippen molar-refractivity contribution >= 4 is 5.97 Å². The van der Waals surface area contributed by atoms with Crippen molar-refractivity contribution in [1.29, 1.82) is 0 Å². The molecule has 2 unspecified atom stereocenters. The Kier molecular flexibility index (Phi) is 5.13. The molecule has 0 radical (unpaired) electrons. The molecule has 0 rings (SSSR count). The van der Waals surface area contributed by atoms with Crippen LogP contribution >= 0.6 is 0 Å². The zero-order valence-corrected chi connectivity index (χ0v) is 9.92. The lowest BCUT2D eigenvalue weighted by atomic mass is 9.84. The van der Waals surface area contributed by atoms with E-state index in [1.54, 1.807) is 0 Å². The Morgan fingerprint density at radius 2 is 1.93 bits per heavy atom. The van der Waals surface area contributed by atoms with Crippen LogP contribution in [0.25, 0.3) is 0 Å². The molecule has 0 aromatic carbocycles. The van der Waals surface area contributed by atoms with Crippen molar-refractivity contribution in [2.75, 3.05) is 0 Å². The fourth-order valence-electron chi connectivity index (χ4n) is 1.25. The SMILES string of the molecule is CCC(C)NC(CC(=O)O)C(C)(C)C. The standard InChI is InChI=1S/C11H23NO2/c1-6-8(2)12-9(7-10(13)14)11(3,4)5/h8-9,12H,6-7H2,1-5H3,(H,13,14). The molecule has 0 bridgehead atoms. The van der Waals surface area contributed by atoms with Gasteiger partial charge in [0.1, 0.15) is 0 Å². The summed E-state index contributed by atoms with van der Waals surface area (Å²) in [6.07, 6.45) is 1.21. The fraction of sp³-hybridized carbons (Fsp3) is 0.909. The van der Waals surface area contributed by atoms with Crippen LogP contribution in [0.1, 0.15) is 47.5 Å². The molecule has 0 heterocycles. The predicted octanol–water partition coefficient (Wildman–Crippen LogP) is 2.26. The summed E-state index contributed by atoms with van der Waals surface area (Å²) in [5, 5.41) is 12.1. The highest BCUT2D eigenvalue weighted by molar-refractivity contribution is 5.67. The van der Waals surface area contributed by atoms with Crippen molar-refractivity contribution in [2.24, 2.45) is 5.41 Å². The van der Waals surface area contributed by atoms with Gasteiger partial charge in [-0.3, -0.25) is 4.79 Å². The Morgan fingerprint density at radius 3 is 2.21 bits per heavy atom. The lowest BCUT2D eigenvalue weighted by Gasteiger charge is -2.32. The molecule has 0 aromatic heterocycles. The van der Waals surface area contributed by atoms with E-state index in [9.17, 15) is 4.79 Å². The van der Waals surface area contributed by atoms with Crippen LogP contribution in [0.3, 0.4) is 0 Å². The van der Waals surface area contributed by atoms with E-state index < -0.39 is 5.97 Å². The lowest BCUT2D eigenvalue weighted by Crippen LogP contribution is -2.45. The molecule has 0 aliphatic heterocycles. The van der Waals surface area contributed by atoms with Crippen LogP contribution in [0.4, 0.5) is 0 Å². The second-order valence-corrected chi connectivity index (χ2v) is 4.99. The lowest BCUT2D eigenvalue weighted by molar-refractivity contribution is -0.138. The number of nitrogens with one attached hydrogen (secondary N) is 1. The van der Waals surface area contributed by atoms with Crippen molar-refractivity contribution in [3.63, 3.8) is 0 Å². The van der Waals surface area contributed by atoms with Gasteiger partial charge in [0.2, 0.25) is 0 Å². The maximum atomic E-state index is 10.7. The average molecular weight is 201 g/mol. The molecule has 0 amide bonds. The van der Waals surface area contributed by atoms with E-state index in [1.165, 1.54) is 0 Å². The molecule has 2 N–H and O–H groups in total. The van der Waals surface area contributed by atoms with Crippen molar-refractivity contribution < 1.29 is 9.90 Å². The Hall–Kier alpha value is -0.570. The first-order valence-electron chi connectivity index (χ1n) is 5.25. The van der Waals surface area contributed by atoms with Gasteiger partial charge in [-0.1, -0.05) is 27.7 Å². The number of aliphatic carboxylic acids is 1. The van der Waals surface area contributed by atoms with Gasteiger partial charge >= 0.3 is 5.97 Å². The number of carboxylic acid groups (broad SMARTS) is 1. The minimum atomic E-state index is -0.735. The van der Waals surface area contributed by atoms with Crippen LogP contribution in [-0.4, -0.2) is 23.2 Å². The number of hydrogen-bond donors (Lipinski definition) is 2. The van der Waals surface area contributed by atoms with E-state index in [1.807, 2.05) is 0 Å². The largest absolute Gasteiger partial charge is 0.481 e. The molecule has 0 aliphatic rings. The van der Waals surface area contributed by atoms with E-state index in [0.717, 1.165) is 6.42 Å². The summed E-state index contributed by atoms with van der Waals surface area (Å²) in [5.74, 6) is -0.735. The number of rotatable bonds is 5. The van der Waals surface area contributed by atoms with E-state index >= 15 is 0 Å². The average Bonchev–Trinajstić information content (AvgIpc) is 2.00. The van der Waals surface area contributed by atoms with E-state index in [0.29, 0.717) is 6.04 Å². The molecule has 0 aromatic rings. The monoisotopic (exact) mass is 201 g/mol. The molecule has 0 saturated heterocycles. The molecule has 3 nitrogen and oxygen atoms in total. The van der Waals surface area contributed by atoms with Crippen LogP contribution in [0.5, 0.6) is 0 Å². The second-order valence-electron chi connectivity index (χ2n) is 4.99. The van der Waals surface area contributed by atoms with E-state index in [4.69, 9.17) is 5.11 Å². The normalized spacial score (nSPS) is 16.4. The smallest absolute Gasteiger partial charge is 0.304 e. The third kappa shape index (κ3) is 5.22. The van der Waals surface area contributed by atoms with Gasteiger partial charge in [-0.15, -0.1) is 0 Å². The Labute approximate surface area is 86.9 Å². The van der Waals surface area contributed by atoms with Gasteiger partial charge in [0.05, 0.1) is 6.42 Å². The van der Waals surface area contributed by atoms with Crippen LogP contribution < -0.4 is 5.32 Å². The molecule has 84 valence electrons. The zero-order valence-electron chi connectivity index (χ0n) is 9.92. The van der Waals surface area contributed by atoms with Crippen LogP contribution in [-0.2, 0) is 4.79 Å². The Morgan fingerprint density at radius 1 is 1.43 bits per heavy atom. The third-order valence-corrected chi connectivity index (χ3v) is 2.52. The Bertz CT molecular complexity index is 184. The summed E-state index contributed by atoms with van der Waals surface area (Å²) in [4.78, 5) is 10.7. The summed E-state index contributed by atoms with van der Waals surface area (Å²) in [7, 11) is 0. The van der Waals surface area contributed by atoms with Gasteiger partial charge in [-0.2, -0.15) is 0 Å². The van der Waals surface area contributed by atoms with Gasteiger partial charge in [-0.25, -0.2) is 0 Å². The summed E-state index contributed by atoms with van der Waals surface area (Å²) in [6, 6.07) is 0.411. The van der Waals surface area contributed by atoms with Crippen molar-refractivity contribution in [2.45, 2.75) is 59.5 Å².